The molecule has 0 heterocycles. The summed E-state index contributed by atoms with van der Waals surface area (Å²) in [5, 5.41) is 5.06. The van der Waals surface area contributed by atoms with Crippen LogP contribution in [-0.2, 0) is 4.74 Å². The number of halogens is 1. The Morgan fingerprint density at radius 1 is 1.00 bits per heavy atom. The molecule has 0 saturated carbocycles. The van der Waals surface area contributed by atoms with Gasteiger partial charge in [-0.25, -0.2) is 4.79 Å². The van der Waals surface area contributed by atoms with Gasteiger partial charge in [0.1, 0.15) is 13.2 Å². The first-order chi connectivity index (χ1) is 11.1. The molecule has 1 N–H and O–H groups in total. The number of likely N-dealkylation sites (N-methyl/N-ethyl adjacent to an activating group) is 1. The molecule has 0 unspecified atom stereocenters. The number of anilines is 1. The standard InChI is InChI=1S/C19H26N2O2.ClH/c1-4-21(5-2,6-3)13-14-23-19(22)20-18-12-11-16-9-7-8-10-17(16)15-18;/h7-12,15H,4-6,13-14H2,1-3H3;1H. The van der Waals surface area contributed by atoms with Gasteiger partial charge in [0.2, 0.25) is 0 Å². The number of nitrogens with one attached hydrogen (secondary N) is 1. The van der Waals surface area contributed by atoms with Crippen molar-refractivity contribution in [1.82, 2.24) is 0 Å². The Balaban J connectivity index is 0.00000288. The van der Waals surface area contributed by atoms with Crippen molar-refractivity contribution >= 4 is 22.6 Å². The summed E-state index contributed by atoms with van der Waals surface area (Å²) in [7, 11) is 0. The van der Waals surface area contributed by atoms with E-state index in [1.54, 1.807) is 0 Å². The summed E-state index contributed by atoms with van der Waals surface area (Å²) >= 11 is 0. The van der Waals surface area contributed by atoms with Gasteiger partial charge < -0.3 is 21.6 Å². The third kappa shape index (κ3) is 5.11. The zero-order chi connectivity index (χ0) is 16.7. The summed E-state index contributed by atoms with van der Waals surface area (Å²) in [6.45, 7) is 11.0. The largest absolute Gasteiger partial charge is 1.00 e. The van der Waals surface area contributed by atoms with Crippen LogP contribution in [0.5, 0.6) is 0 Å². The van der Waals surface area contributed by atoms with E-state index in [4.69, 9.17) is 4.74 Å². The predicted octanol–water partition coefficient (Wildman–Crippen LogP) is 1.27. The van der Waals surface area contributed by atoms with Crippen molar-refractivity contribution in [2.75, 3.05) is 38.1 Å². The molecule has 2 aromatic carbocycles. The lowest BCUT2D eigenvalue weighted by atomic mass is 10.1. The monoisotopic (exact) mass is 350 g/mol. The number of carbonyl (C=O) groups is 1. The second kappa shape index (κ2) is 9.50. The maximum Gasteiger partial charge on any atom is 0.411 e. The number of amides is 1. The van der Waals surface area contributed by atoms with Crippen molar-refractivity contribution in [3.8, 4) is 0 Å². The second-order valence-electron chi connectivity index (χ2n) is 5.84. The van der Waals surface area contributed by atoms with Gasteiger partial charge in [-0.15, -0.1) is 0 Å². The van der Waals surface area contributed by atoms with Crippen LogP contribution in [0.1, 0.15) is 20.8 Å². The number of quaternary nitrogens is 1. The van der Waals surface area contributed by atoms with Crippen molar-refractivity contribution in [2.24, 2.45) is 0 Å². The molecule has 132 valence electrons. The molecular formula is C19H27ClN2O2. The van der Waals surface area contributed by atoms with Crippen molar-refractivity contribution in [1.29, 1.82) is 0 Å². The van der Waals surface area contributed by atoms with Gasteiger partial charge in [-0.3, -0.25) is 5.32 Å². The van der Waals surface area contributed by atoms with E-state index in [2.05, 4.69) is 32.2 Å². The molecule has 0 saturated heterocycles. The Labute approximate surface area is 150 Å². The molecule has 1 amide bonds. The van der Waals surface area contributed by atoms with E-state index >= 15 is 0 Å². The van der Waals surface area contributed by atoms with E-state index < -0.39 is 0 Å². The van der Waals surface area contributed by atoms with Crippen LogP contribution in [0.2, 0.25) is 0 Å². The Hall–Kier alpha value is -1.78. The number of hydrogen-bond donors (Lipinski definition) is 1. The van der Waals surface area contributed by atoms with Gasteiger partial charge in [0, 0.05) is 5.69 Å². The summed E-state index contributed by atoms with van der Waals surface area (Å²) in [6, 6.07) is 13.9. The van der Waals surface area contributed by atoms with E-state index in [1.807, 2.05) is 36.4 Å². The Bertz CT molecular complexity index is 648. The normalized spacial score (nSPS) is 11.0. The van der Waals surface area contributed by atoms with Gasteiger partial charge in [-0.05, 0) is 43.7 Å². The summed E-state index contributed by atoms with van der Waals surface area (Å²) < 4.78 is 6.33. The van der Waals surface area contributed by atoms with Crippen molar-refractivity contribution in [3.05, 3.63) is 42.5 Å². The first kappa shape index (κ1) is 20.3. The van der Waals surface area contributed by atoms with Crippen LogP contribution in [0.15, 0.2) is 42.5 Å². The fourth-order valence-electron chi connectivity index (χ4n) is 2.90. The molecular weight excluding hydrogens is 324 g/mol. The summed E-state index contributed by atoms with van der Waals surface area (Å²) in [4.78, 5) is 12.0. The highest BCUT2D eigenvalue weighted by Crippen LogP contribution is 2.18. The summed E-state index contributed by atoms with van der Waals surface area (Å²) in [5.74, 6) is 0. The van der Waals surface area contributed by atoms with Gasteiger partial charge in [-0.1, -0.05) is 30.3 Å². The molecule has 0 aliphatic heterocycles. The fraction of sp³-hybridized carbons (Fsp3) is 0.421. The lowest BCUT2D eigenvalue weighted by Crippen LogP contribution is -3.00. The van der Waals surface area contributed by atoms with E-state index in [0.717, 1.165) is 47.1 Å². The molecule has 2 aromatic rings. The van der Waals surface area contributed by atoms with Crippen LogP contribution < -0.4 is 17.7 Å². The highest BCUT2D eigenvalue weighted by Gasteiger charge is 2.20. The maximum absolute atomic E-state index is 12.0. The number of hydrogen-bond acceptors (Lipinski definition) is 2. The lowest BCUT2D eigenvalue weighted by Gasteiger charge is -2.35. The van der Waals surface area contributed by atoms with Crippen LogP contribution in [0, 0.1) is 0 Å². The molecule has 0 atom stereocenters. The van der Waals surface area contributed by atoms with Crippen LogP contribution in [0.3, 0.4) is 0 Å². The smallest absolute Gasteiger partial charge is 0.411 e. The van der Waals surface area contributed by atoms with Crippen LogP contribution in [0.4, 0.5) is 10.5 Å². The average molecular weight is 351 g/mol. The average Bonchev–Trinajstić information content (AvgIpc) is 2.59. The summed E-state index contributed by atoms with van der Waals surface area (Å²) in [5.41, 5.74) is 0.760. The van der Waals surface area contributed by atoms with Gasteiger partial charge in [0.25, 0.3) is 0 Å². The molecule has 24 heavy (non-hydrogen) atoms. The molecule has 0 spiro atoms. The number of ether oxygens (including phenoxy) is 1. The van der Waals surface area contributed by atoms with E-state index in [0.29, 0.717) is 6.61 Å². The number of fused-ring (bicyclic) bond motifs is 1. The van der Waals surface area contributed by atoms with Gasteiger partial charge in [-0.2, -0.15) is 0 Å². The molecule has 0 radical (unpaired) electrons. The Kier molecular flexibility index (Phi) is 8.02. The van der Waals surface area contributed by atoms with Crippen LogP contribution in [0.25, 0.3) is 10.8 Å². The lowest BCUT2D eigenvalue weighted by molar-refractivity contribution is -0.923. The minimum atomic E-state index is -0.387. The van der Waals surface area contributed by atoms with Crippen LogP contribution in [-0.4, -0.2) is 43.4 Å². The highest BCUT2D eigenvalue weighted by molar-refractivity contribution is 5.91. The number of nitrogens with zero attached hydrogens (tertiary/aromatic N) is 1. The van der Waals surface area contributed by atoms with Gasteiger partial charge in [0.05, 0.1) is 19.6 Å². The number of carbonyl (C=O) groups excluding carboxylic acids is 1. The zero-order valence-electron chi connectivity index (χ0n) is 14.7. The number of benzene rings is 2. The first-order valence-electron chi connectivity index (χ1n) is 8.40. The van der Waals surface area contributed by atoms with Crippen molar-refractivity contribution < 1.29 is 26.4 Å². The number of rotatable bonds is 7. The minimum Gasteiger partial charge on any atom is -1.00 e. The molecule has 0 aromatic heterocycles. The van der Waals surface area contributed by atoms with Gasteiger partial charge >= 0.3 is 6.09 Å². The van der Waals surface area contributed by atoms with Gasteiger partial charge in [0.15, 0.2) is 0 Å². The van der Waals surface area contributed by atoms with E-state index in [1.165, 1.54) is 0 Å². The zero-order valence-corrected chi connectivity index (χ0v) is 15.5. The maximum atomic E-state index is 12.0. The molecule has 0 aliphatic carbocycles. The van der Waals surface area contributed by atoms with Crippen molar-refractivity contribution in [3.63, 3.8) is 0 Å². The second-order valence-corrected chi connectivity index (χ2v) is 5.84. The van der Waals surface area contributed by atoms with Crippen LogP contribution >= 0.6 is 0 Å². The van der Waals surface area contributed by atoms with E-state index in [-0.39, 0.29) is 18.5 Å². The topological polar surface area (TPSA) is 38.3 Å². The first-order valence-corrected chi connectivity index (χ1v) is 8.40. The molecule has 0 aliphatic rings. The molecule has 4 nitrogen and oxygen atoms in total. The minimum absolute atomic E-state index is 0. The summed E-state index contributed by atoms with van der Waals surface area (Å²) in [6.07, 6.45) is -0.387. The third-order valence-corrected chi connectivity index (χ3v) is 4.81. The Morgan fingerprint density at radius 2 is 1.62 bits per heavy atom. The van der Waals surface area contributed by atoms with Crippen molar-refractivity contribution in [2.45, 2.75) is 20.8 Å². The van der Waals surface area contributed by atoms with E-state index in [9.17, 15) is 4.79 Å². The molecule has 2 rings (SSSR count). The SMILES string of the molecule is CC[N+](CC)(CC)CCOC(=O)Nc1ccc2ccccc2c1.[Cl-]. The molecule has 0 fully saturated rings. The molecule has 5 heteroatoms. The highest BCUT2D eigenvalue weighted by atomic mass is 35.5. The fourth-order valence-corrected chi connectivity index (χ4v) is 2.90. The predicted molar refractivity (Wildman–Crippen MR) is 95.7 cm³/mol. The third-order valence-electron chi connectivity index (χ3n) is 4.81. The molecule has 0 bridgehead atoms. The quantitative estimate of drug-likeness (QED) is 0.764. The Morgan fingerprint density at radius 3 is 2.25 bits per heavy atom.